The van der Waals surface area contributed by atoms with Crippen LogP contribution >= 0.6 is 0 Å². The second-order valence-corrected chi connectivity index (χ2v) is 7.02. The number of anilines is 2. The molecule has 0 atom stereocenters. The van der Waals surface area contributed by atoms with Crippen LogP contribution in [-0.2, 0) is 4.79 Å². The summed E-state index contributed by atoms with van der Waals surface area (Å²) in [4.78, 5) is 22.1. The average Bonchev–Trinajstić information content (AvgIpc) is 3.19. The lowest BCUT2D eigenvalue weighted by molar-refractivity contribution is -0.113. The van der Waals surface area contributed by atoms with Gasteiger partial charge in [-0.2, -0.15) is 5.10 Å². The molecule has 156 valence electrons. The number of aryl methyl sites for hydroxylation is 1. The van der Waals surface area contributed by atoms with E-state index in [4.69, 9.17) is 15.6 Å². The topological polar surface area (TPSA) is 99.2 Å². The van der Waals surface area contributed by atoms with E-state index in [-0.39, 0.29) is 5.91 Å². The molecule has 2 N–H and O–H groups in total. The van der Waals surface area contributed by atoms with Gasteiger partial charge in [0, 0.05) is 18.3 Å². The number of likely N-dealkylation sites (N-methyl/N-ethyl adjacent to an activating group) is 1. The summed E-state index contributed by atoms with van der Waals surface area (Å²) in [7, 11) is 3.32. The highest BCUT2D eigenvalue weighted by molar-refractivity contribution is 6.01. The number of carbonyl (C=O) groups is 1. The molecular formula is C23H22N6O2. The summed E-state index contributed by atoms with van der Waals surface area (Å²) in [5.74, 6) is 0.879. The van der Waals surface area contributed by atoms with Crippen molar-refractivity contribution in [1.29, 1.82) is 0 Å². The Bertz CT molecular complexity index is 1310. The van der Waals surface area contributed by atoms with Crippen molar-refractivity contribution in [2.75, 3.05) is 24.8 Å². The highest BCUT2D eigenvalue weighted by atomic mass is 16.5. The second-order valence-electron chi connectivity index (χ2n) is 7.02. The third-order valence-corrected chi connectivity index (χ3v) is 5.14. The first-order valence-electron chi connectivity index (χ1n) is 9.59. The van der Waals surface area contributed by atoms with Crippen molar-refractivity contribution in [2.45, 2.75) is 6.92 Å². The lowest BCUT2D eigenvalue weighted by Crippen LogP contribution is -2.23. The Morgan fingerprint density at radius 2 is 2.03 bits per heavy atom. The number of benzene rings is 2. The monoisotopic (exact) mass is 414 g/mol. The largest absolute Gasteiger partial charge is 0.496 e. The molecule has 31 heavy (non-hydrogen) atoms. The molecule has 2 heterocycles. The van der Waals surface area contributed by atoms with E-state index in [9.17, 15) is 4.79 Å². The first-order valence-corrected chi connectivity index (χ1v) is 9.59. The summed E-state index contributed by atoms with van der Waals surface area (Å²) in [5, 5.41) is 5.46. The van der Waals surface area contributed by atoms with Crippen molar-refractivity contribution >= 4 is 28.4 Å². The molecule has 0 aliphatic rings. The minimum absolute atomic E-state index is 0.207. The molecule has 0 radical (unpaired) electrons. The molecule has 2 aromatic carbocycles. The zero-order valence-electron chi connectivity index (χ0n) is 17.5. The van der Waals surface area contributed by atoms with Gasteiger partial charge in [-0.15, -0.1) is 0 Å². The van der Waals surface area contributed by atoms with Crippen LogP contribution in [0.25, 0.3) is 28.0 Å². The number of nitrogens with zero attached hydrogens (tertiary/aromatic N) is 5. The maximum absolute atomic E-state index is 12.0. The molecule has 0 aliphatic heterocycles. The van der Waals surface area contributed by atoms with Crippen molar-refractivity contribution < 1.29 is 9.53 Å². The van der Waals surface area contributed by atoms with E-state index in [1.807, 2.05) is 49.4 Å². The SMILES string of the molecule is C=CC(=O)N(C)c1cccc(-n2nc(-c3ccc(C)c(OC)c3)c3c(N)ncnc32)c1. The Balaban J connectivity index is 1.93. The Labute approximate surface area is 179 Å². The van der Waals surface area contributed by atoms with E-state index in [1.165, 1.54) is 17.3 Å². The number of hydrogen-bond donors (Lipinski definition) is 1. The number of ether oxygens (including phenoxy) is 1. The highest BCUT2D eigenvalue weighted by Crippen LogP contribution is 2.34. The molecule has 0 spiro atoms. The van der Waals surface area contributed by atoms with E-state index < -0.39 is 0 Å². The number of nitrogen functional groups attached to an aromatic ring is 1. The molecule has 0 saturated carbocycles. The highest BCUT2D eigenvalue weighted by Gasteiger charge is 2.19. The third-order valence-electron chi connectivity index (χ3n) is 5.14. The molecule has 0 saturated heterocycles. The van der Waals surface area contributed by atoms with Crippen LogP contribution in [-0.4, -0.2) is 39.8 Å². The van der Waals surface area contributed by atoms with Crippen LogP contribution in [0.1, 0.15) is 5.56 Å². The molecule has 8 nitrogen and oxygen atoms in total. The minimum atomic E-state index is -0.207. The lowest BCUT2D eigenvalue weighted by Gasteiger charge is -2.16. The third kappa shape index (κ3) is 3.48. The number of aromatic nitrogens is 4. The summed E-state index contributed by atoms with van der Waals surface area (Å²) in [6.07, 6.45) is 2.68. The lowest BCUT2D eigenvalue weighted by atomic mass is 10.1. The van der Waals surface area contributed by atoms with Crippen LogP contribution in [0.3, 0.4) is 0 Å². The average molecular weight is 414 g/mol. The zero-order valence-corrected chi connectivity index (χ0v) is 17.5. The fourth-order valence-corrected chi connectivity index (χ4v) is 3.42. The van der Waals surface area contributed by atoms with E-state index in [0.717, 1.165) is 22.6 Å². The fraction of sp³-hybridized carbons (Fsp3) is 0.130. The summed E-state index contributed by atoms with van der Waals surface area (Å²) >= 11 is 0. The standard InChI is InChI=1S/C23H22N6O2/c1-5-19(30)28(3)16-7-6-8-17(12-16)29-23-20(22(24)25-13-26-23)21(27-29)15-10-9-14(2)18(11-15)31-4/h5-13H,1H2,2-4H3,(H2,24,25,26). The van der Waals surface area contributed by atoms with Gasteiger partial charge >= 0.3 is 0 Å². The number of fused-ring (bicyclic) bond motifs is 1. The van der Waals surface area contributed by atoms with Crippen molar-refractivity contribution in [1.82, 2.24) is 19.7 Å². The number of carbonyl (C=O) groups excluding carboxylic acids is 1. The van der Waals surface area contributed by atoms with Crippen LogP contribution in [0.15, 0.2) is 61.4 Å². The molecule has 0 fully saturated rings. The van der Waals surface area contributed by atoms with Gasteiger partial charge in [0.15, 0.2) is 5.65 Å². The molecule has 8 heteroatoms. The normalized spacial score (nSPS) is 10.8. The molecule has 1 amide bonds. The summed E-state index contributed by atoms with van der Waals surface area (Å²) in [6.45, 7) is 5.52. The van der Waals surface area contributed by atoms with Crippen molar-refractivity contribution in [3.05, 3.63) is 67.0 Å². The first kappa shape index (κ1) is 20.1. The number of amides is 1. The van der Waals surface area contributed by atoms with Crippen LogP contribution in [0.2, 0.25) is 0 Å². The van der Waals surface area contributed by atoms with Gasteiger partial charge in [0.05, 0.1) is 18.2 Å². The molecule has 4 aromatic rings. The smallest absolute Gasteiger partial charge is 0.250 e. The summed E-state index contributed by atoms with van der Waals surface area (Å²) < 4.78 is 7.17. The van der Waals surface area contributed by atoms with E-state index in [0.29, 0.717) is 28.2 Å². The molecule has 4 rings (SSSR count). The molecule has 0 aliphatic carbocycles. The van der Waals surface area contributed by atoms with Crippen molar-refractivity contribution in [3.63, 3.8) is 0 Å². The van der Waals surface area contributed by atoms with E-state index >= 15 is 0 Å². The number of nitrogens with two attached hydrogens (primary N) is 1. The number of hydrogen-bond acceptors (Lipinski definition) is 6. The summed E-state index contributed by atoms with van der Waals surface area (Å²) in [6, 6.07) is 13.3. The Hall–Kier alpha value is -4.20. The van der Waals surface area contributed by atoms with Gasteiger partial charge in [-0.05, 0) is 42.8 Å². The Kier molecular flexibility index (Phi) is 5.12. The van der Waals surface area contributed by atoms with Crippen LogP contribution in [0.5, 0.6) is 5.75 Å². The van der Waals surface area contributed by atoms with Crippen molar-refractivity contribution in [2.24, 2.45) is 0 Å². The van der Waals surface area contributed by atoms with Gasteiger partial charge in [-0.25, -0.2) is 14.6 Å². The molecular weight excluding hydrogens is 392 g/mol. The predicted molar refractivity (Wildman–Crippen MR) is 121 cm³/mol. The fourth-order valence-electron chi connectivity index (χ4n) is 3.42. The zero-order chi connectivity index (χ0) is 22.1. The van der Waals surface area contributed by atoms with Gasteiger partial charge in [-0.3, -0.25) is 4.79 Å². The van der Waals surface area contributed by atoms with Gasteiger partial charge in [-0.1, -0.05) is 24.8 Å². The quantitative estimate of drug-likeness (QED) is 0.502. The summed E-state index contributed by atoms with van der Waals surface area (Å²) in [5.41, 5.74) is 10.7. The van der Waals surface area contributed by atoms with Gasteiger partial charge in [0.2, 0.25) is 5.91 Å². The van der Waals surface area contributed by atoms with Crippen LogP contribution < -0.4 is 15.4 Å². The first-order chi connectivity index (χ1) is 14.9. The van der Waals surface area contributed by atoms with Crippen molar-refractivity contribution in [3.8, 4) is 22.7 Å². The minimum Gasteiger partial charge on any atom is -0.496 e. The van der Waals surface area contributed by atoms with E-state index in [1.54, 1.807) is 18.8 Å². The Morgan fingerprint density at radius 1 is 1.23 bits per heavy atom. The number of rotatable bonds is 5. The maximum atomic E-state index is 12.0. The van der Waals surface area contributed by atoms with E-state index in [2.05, 4.69) is 16.5 Å². The molecule has 0 unspecified atom stereocenters. The second kappa shape index (κ2) is 7.91. The van der Waals surface area contributed by atoms with Gasteiger partial charge in [0.1, 0.15) is 23.6 Å². The van der Waals surface area contributed by atoms with Gasteiger partial charge < -0.3 is 15.4 Å². The Morgan fingerprint density at radius 3 is 2.77 bits per heavy atom. The maximum Gasteiger partial charge on any atom is 0.250 e. The molecule has 0 bridgehead atoms. The predicted octanol–water partition coefficient (Wildman–Crippen LogP) is 3.53. The van der Waals surface area contributed by atoms with Gasteiger partial charge in [0.25, 0.3) is 0 Å². The van der Waals surface area contributed by atoms with Crippen LogP contribution in [0.4, 0.5) is 11.5 Å². The number of methoxy groups -OCH3 is 1. The van der Waals surface area contributed by atoms with Crippen LogP contribution in [0, 0.1) is 6.92 Å². The molecule has 2 aromatic heterocycles.